The summed E-state index contributed by atoms with van der Waals surface area (Å²) in [4.78, 5) is 18.3. The van der Waals surface area contributed by atoms with Crippen molar-refractivity contribution in [1.29, 1.82) is 0 Å². The largest absolute Gasteiger partial charge is 0.497 e. The molecule has 1 atom stereocenters. The second-order valence-electron chi connectivity index (χ2n) is 4.77. The molecular formula is C16H20N2O3S. The molecule has 0 radical (unpaired) electrons. The van der Waals surface area contributed by atoms with Gasteiger partial charge in [0.05, 0.1) is 12.1 Å². The van der Waals surface area contributed by atoms with Gasteiger partial charge in [-0.3, -0.25) is 4.79 Å². The third-order valence-corrected chi connectivity index (χ3v) is 4.26. The molecule has 1 N–H and O–H groups in total. The second-order valence-corrected chi connectivity index (χ2v) is 5.75. The molecule has 0 fully saturated rings. The Morgan fingerprint density at radius 2 is 2.32 bits per heavy atom. The van der Waals surface area contributed by atoms with Crippen LogP contribution in [-0.2, 0) is 11.2 Å². The van der Waals surface area contributed by atoms with Gasteiger partial charge in [0.15, 0.2) is 6.10 Å². The first kappa shape index (κ1) is 16.5. The molecule has 22 heavy (non-hydrogen) atoms. The molecule has 6 heteroatoms. The number of ether oxygens (including phenoxy) is 1. The highest BCUT2D eigenvalue weighted by atomic mass is 32.1. The van der Waals surface area contributed by atoms with Crippen LogP contribution in [0.1, 0.15) is 23.6 Å². The van der Waals surface area contributed by atoms with Gasteiger partial charge in [-0.05, 0) is 24.6 Å². The Hall–Kier alpha value is -1.92. The SMILES string of the molecule is CCN(CCc1nccs1)C(=O)C(O)c1cccc(OC)c1. The van der Waals surface area contributed by atoms with Crippen molar-refractivity contribution in [2.45, 2.75) is 19.4 Å². The minimum atomic E-state index is -1.17. The molecule has 1 aromatic heterocycles. The quantitative estimate of drug-likeness (QED) is 0.850. The number of hydrogen-bond donors (Lipinski definition) is 1. The van der Waals surface area contributed by atoms with Gasteiger partial charge in [-0.1, -0.05) is 12.1 Å². The Morgan fingerprint density at radius 3 is 2.95 bits per heavy atom. The Kier molecular flexibility index (Phi) is 5.91. The molecule has 1 unspecified atom stereocenters. The molecule has 2 rings (SSSR count). The maximum atomic E-state index is 12.5. The minimum absolute atomic E-state index is 0.299. The lowest BCUT2D eigenvalue weighted by Crippen LogP contribution is -2.36. The van der Waals surface area contributed by atoms with Gasteiger partial charge < -0.3 is 14.7 Å². The lowest BCUT2D eigenvalue weighted by molar-refractivity contribution is -0.140. The summed E-state index contributed by atoms with van der Waals surface area (Å²) in [6.45, 7) is 2.99. The van der Waals surface area contributed by atoms with Gasteiger partial charge in [0.2, 0.25) is 0 Å². The second kappa shape index (κ2) is 7.91. The van der Waals surface area contributed by atoms with Crippen molar-refractivity contribution in [2.24, 2.45) is 0 Å². The molecule has 0 saturated carbocycles. The van der Waals surface area contributed by atoms with Crippen molar-refractivity contribution < 1.29 is 14.6 Å². The van der Waals surface area contributed by atoms with E-state index < -0.39 is 6.10 Å². The van der Waals surface area contributed by atoms with Gasteiger partial charge in [0.25, 0.3) is 5.91 Å². The van der Waals surface area contributed by atoms with Crippen LogP contribution in [0.3, 0.4) is 0 Å². The average Bonchev–Trinajstić information content (AvgIpc) is 3.08. The normalized spacial score (nSPS) is 12.0. The molecule has 0 aliphatic carbocycles. The fourth-order valence-corrected chi connectivity index (χ4v) is 2.77. The van der Waals surface area contributed by atoms with E-state index in [0.29, 0.717) is 30.8 Å². The van der Waals surface area contributed by atoms with Crippen LogP contribution < -0.4 is 4.74 Å². The summed E-state index contributed by atoms with van der Waals surface area (Å²) in [7, 11) is 1.56. The topological polar surface area (TPSA) is 62.7 Å². The van der Waals surface area contributed by atoms with E-state index >= 15 is 0 Å². The van der Waals surface area contributed by atoms with Crippen LogP contribution in [0.25, 0.3) is 0 Å². The summed E-state index contributed by atoms with van der Waals surface area (Å²) in [5.41, 5.74) is 0.539. The summed E-state index contributed by atoms with van der Waals surface area (Å²) < 4.78 is 5.13. The number of likely N-dealkylation sites (N-methyl/N-ethyl adjacent to an activating group) is 1. The fraction of sp³-hybridized carbons (Fsp3) is 0.375. The van der Waals surface area contributed by atoms with E-state index in [1.807, 2.05) is 12.3 Å². The lowest BCUT2D eigenvalue weighted by atomic mass is 10.1. The van der Waals surface area contributed by atoms with Gasteiger partial charge in [0.1, 0.15) is 5.75 Å². The fourth-order valence-electron chi connectivity index (χ4n) is 2.16. The van der Waals surface area contributed by atoms with E-state index in [2.05, 4.69) is 4.98 Å². The van der Waals surface area contributed by atoms with Crippen LogP contribution in [-0.4, -0.2) is 41.1 Å². The summed E-state index contributed by atoms with van der Waals surface area (Å²) in [6.07, 6.45) is 1.27. The van der Waals surface area contributed by atoms with Crippen LogP contribution in [0.15, 0.2) is 35.8 Å². The van der Waals surface area contributed by atoms with Gasteiger partial charge in [-0.25, -0.2) is 4.98 Å². The molecular weight excluding hydrogens is 300 g/mol. The molecule has 1 amide bonds. The predicted molar refractivity (Wildman–Crippen MR) is 86.0 cm³/mol. The van der Waals surface area contributed by atoms with E-state index in [9.17, 15) is 9.90 Å². The summed E-state index contributed by atoms with van der Waals surface area (Å²) in [5, 5.41) is 13.2. The van der Waals surface area contributed by atoms with Crippen molar-refractivity contribution in [3.05, 3.63) is 46.4 Å². The first-order valence-corrected chi connectivity index (χ1v) is 8.02. The highest BCUT2D eigenvalue weighted by Crippen LogP contribution is 2.21. The Morgan fingerprint density at radius 1 is 1.50 bits per heavy atom. The van der Waals surface area contributed by atoms with Crippen LogP contribution in [0, 0.1) is 0 Å². The molecule has 0 saturated heterocycles. The molecule has 0 bridgehead atoms. The van der Waals surface area contributed by atoms with E-state index in [4.69, 9.17) is 4.74 Å². The number of carbonyl (C=O) groups excluding carboxylic acids is 1. The van der Waals surface area contributed by atoms with Crippen LogP contribution in [0.4, 0.5) is 0 Å². The van der Waals surface area contributed by atoms with Gasteiger partial charge in [0, 0.05) is 31.1 Å². The summed E-state index contributed by atoms with van der Waals surface area (Å²) >= 11 is 1.57. The highest BCUT2D eigenvalue weighted by Gasteiger charge is 2.23. The zero-order chi connectivity index (χ0) is 15.9. The van der Waals surface area contributed by atoms with E-state index in [1.54, 1.807) is 53.8 Å². The average molecular weight is 320 g/mol. The summed E-state index contributed by atoms with van der Waals surface area (Å²) in [5.74, 6) is 0.322. The van der Waals surface area contributed by atoms with E-state index in [-0.39, 0.29) is 5.91 Å². The van der Waals surface area contributed by atoms with Crippen molar-refractivity contribution in [3.8, 4) is 5.75 Å². The first-order chi connectivity index (χ1) is 10.7. The third kappa shape index (κ3) is 4.05. The van der Waals surface area contributed by atoms with E-state index in [0.717, 1.165) is 5.01 Å². The standard InChI is InChI=1S/C16H20N2O3S/c1-3-18(9-7-14-17-8-10-22-14)16(20)15(19)12-5-4-6-13(11-12)21-2/h4-6,8,10-11,15,19H,3,7,9H2,1-2H3. The van der Waals surface area contributed by atoms with Crippen LogP contribution >= 0.6 is 11.3 Å². The van der Waals surface area contributed by atoms with Gasteiger partial charge in [-0.2, -0.15) is 0 Å². The zero-order valence-electron chi connectivity index (χ0n) is 12.7. The number of benzene rings is 1. The number of aromatic nitrogens is 1. The number of thiazole rings is 1. The molecule has 1 aromatic carbocycles. The first-order valence-electron chi connectivity index (χ1n) is 7.15. The Labute approximate surface area is 134 Å². The van der Waals surface area contributed by atoms with E-state index in [1.165, 1.54) is 0 Å². The van der Waals surface area contributed by atoms with Crippen LogP contribution in [0.5, 0.6) is 5.75 Å². The maximum Gasteiger partial charge on any atom is 0.256 e. The number of aliphatic hydroxyl groups is 1. The highest BCUT2D eigenvalue weighted by molar-refractivity contribution is 7.09. The number of rotatable bonds is 7. The lowest BCUT2D eigenvalue weighted by Gasteiger charge is -2.23. The van der Waals surface area contributed by atoms with Gasteiger partial charge >= 0.3 is 0 Å². The van der Waals surface area contributed by atoms with Crippen molar-refractivity contribution >= 4 is 17.2 Å². The molecule has 0 aliphatic rings. The summed E-state index contributed by atoms with van der Waals surface area (Å²) in [6, 6.07) is 6.94. The molecule has 118 valence electrons. The Bertz CT molecular complexity index is 601. The van der Waals surface area contributed by atoms with Crippen molar-refractivity contribution in [3.63, 3.8) is 0 Å². The Balaban J connectivity index is 2.02. The minimum Gasteiger partial charge on any atom is -0.497 e. The molecule has 5 nitrogen and oxygen atoms in total. The maximum absolute atomic E-state index is 12.5. The third-order valence-electron chi connectivity index (χ3n) is 3.42. The number of nitrogens with zero attached hydrogens (tertiary/aromatic N) is 2. The molecule has 0 aliphatic heterocycles. The molecule has 1 heterocycles. The molecule has 0 spiro atoms. The van der Waals surface area contributed by atoms with Crippen LogP contribution in [0.2, 0.25) is 0 Å². The van der Waals surface area contributed by atoms with Gasteiger partial charge in [-0.15, -0.1) is 11.3 Å². The smallest absolute Gasteiger partial charge is 0.256 e. The number of hydrogen-bond acceptors (Lipinski definition) is 5. The monoisotopic (exact) mass is 320 g/mol. The number of aliphatic hydroxyl groups excluding tert-OH is 1. The number of carbonyl (C=O) groups is 1. The number of methoxy groups -OCH3 is 1. The van der Waals surface area contributed by atoms with Crippen molar-refractivity contribution in [2.75, 3.05) is 20.2 Å². The number of amides is 1. The molecule has 2 aromatic rings. The predicted octanol–water partition coefficient (Wildman–Crippen LogP) is 2.28. The zero-order valence-corrected chi connectivity index (χ0v) is 13.5. The van der Waals surface area contributed by atoms with Crippen molar-refractivity contribution in [1.82, 2.24) is 9.88 Å².